The molecule has 22 heavy (non-hydrogen) atoms. The van der Waals surface area contributed by atoms with Crippen molar-refractivity contribution in [3.63, 3.8) is 0 Å². The van der Waals surface area contributed by atoms with E-state index in [1.165, 1.54) is 11.3 Å². The lowest BCUT2D eigenvalue weighted by Crippen LogP contribution is -2.27. The fourth-order valence-corrected chi connectivity index (χ4v) is 3.68. The standard InChI is InChI=1S/C15H17BrN4OS.3H2/c16-10-6-12(15(17)19-8-10)14(21)13-7-11(9-22-13)20-4-1-2-18-3-5-20;;;/h6-9,18H,1-5H2,(H2,17,19);3*1H. The lowest BCUT2D eigenvalue weighted by molar-refractivity contribution is 0.104. The number of rotatable bonds is 3. The van der Waals surface area contributed by atoms with Crippen LogP contribution in [0, 0.1) is 0 Å². The number of hydrogen-bond acceptors (Lipinski definition) is 6. The number of pyridine rings is 1. The summed E-state index contributed by atoms with van der Waals surface area (Å²) in [5.41, 5.74) is 7.39. The molecular weight excluding hydrogens is 364 g/mol. The summed E-state index contributed by atoms with van der Waals surface area (Å²) < 4.78 is 0.750. The van der Waals surface area contributed by atoms with Gasteiger partial charge >= 0.3 is 0 Å². The molecule has 0 atom stereocenters. The number of aromatic nitrogens is 1. The van der Waals surface area contributed by atoms with Crippen molar-refractivity contribution in [2.24, 2.45) is 0 Å². The largest absolute Gasteiger partial charge is 0.383 e. The van der Waals surface area contributed by atoms with Crippen molar-refractivity contribution in [2.45, 2.75) is 6.42 Å². The molecule has 0 unspecified atom stereocenters. The van der Waals surface area contributed by atoms with Crippen molar-refractivity contribution >= 4 is 44.6 Å². The lowest BCUT2D eigenvalue weighted by Gasteiger charge is -2.20. The molecule has 5 nitrogen and oxygen atoms in total. The van der Waals surface area contributed by atoms with Crippen LogP contribution in [0.5, 0.6) is 0 Å². The number of nitrogens with one attached hydrogen (secondary N) is 1. The Morgan fingerprint density at radius 2 is 2.27 bits per heavy atom. The Bertz CT molecular complexity index is 693. The number of thiophene rings is 1. The second-order valence-electron chi connectivity index (χ2n) is 5.18. The molecule has 0 radical (unpaired) electrons. The highest BCUT2D eigenvalue weighted by molar-refractivity contribution is 9.10. The first-order chi connectivity index (χ1) is 10.6. The summed E-state index contributed by atoms with van der Waals surface area (Å²) in [4.78, 5) is 19.7. The van der Waals surface area contributed by atoms with E-state index in [2.05, 4.69) is 31.1 Å². The molecule has 1 saturated heterocycles. The highest BCUT2D eigenvalue weighted by Crippen LogP contribution is 2.27. The van der Waals surface area contributed by atoms with Crippen molar-refractivity contribution in [2.75, 3.05) is 36.8 Å². The van der Waals surface area contributed by atoms with Gasteiger partial charge in [-0.3, -0.25) is 4.79 Å². The van der Waals surface area contributed by atoms with Gasteiger partial charge in [0.25, 0.3) is 0 Å². The maximum absolute atomic E-state index is 12.6. The number of carbonyl (C=O) groups excluding carboxylic acids is 1. The Hall–Kier alpha value is -1.44. The van der Waals surface area contributed by atoms with Gasteiger partial charge in [-0.2, -0.15) is 0 Å². The monoisotopic (exact) mass is 386 g/mol. The molecule has 3 heterocycles. The van der Waals surface area contributed by atoms with E-state index in [0.29, 0.717) is 10.4 Å². The molecule has 1 fully saturated rings. The van der Waals surface area contributed by atoms with E-state index in [1.807, 2.05) is 11.4 Å². The van der Waals surface area contributed by atoms with E-state index < -0.39 is 0 Å². The fraction of sp³-hybridized carbons (Fsp3) is 0.333. The Labute approximate surface area is 146 Å². The van der Waals surface area contributed by atoms with Gasteiger partial charge in [0.15, 0.2) is 0 Å². The van der Waals surface area contributed by atoms with Crippen molar-refractivity contribution in [3.05, 3.63) is 38.6 Å². The van der Waals surface area contributed by atoms with Crippen LogP contribution in [-0.2, 0) is 0 Å². The Kier molecular flexibility index (Phi) is 4.75. The van der Waals surface area contributed by atoms with Gasteiger partial charge in [-0.05, 0) is 41.0 Å². The molecule has 0 amide bonds. The van der Waals surface area contributed by atoms with Crippen molar-refractivity contribution in [1.29, 1.82) is 0 Å². The van der Waals surface area contributed by atoms with E-state index in [9.17, 15) is 4.79 Å². The van der Waals surface area contributed by atoms with Gasteiger partial charge in [0, 0.05) is 45.7 Å². The van der Waals surface area contributed by atoms with Crippen LogP contribution in [0.15, 0.2) is 28.2 Å². The number of carbonyl (C=O) groups is 1. The predicted molar refractivity (Wildman–Crippen MR) is 100 cm³/mol. The van der Waals surface area contributed by atoms with Crippen molar-refractivity contribution in [1.82, 2.24) is 10.3 Å². The van der Waals surface area contributed by atoms with E-state index in [-0.39, 0.29) is 15.9 Å². The fourth-order valence-electron chi connectivity index (χ4n) is 2.48. The zero-order chi connectivity index (χ0) is 15.5. The SMILES string of the molecule is Nc1ncc(Br)cc1C(=O)c1cc(N2CCCNCC2)cs1.[HH].[HH].[HH]. The number of nitrogens with two attached hydrogens (primary N) is 1. The Balaban J connectivity index is 0.00000192. The summed E-state index contributed by atoms with van der Waals surface area (Å²) in [5, 5.41) is 5.42. The van der Waals surface area contributed by atoms with Gasteiger partial charge < -0.3 is 16.0 Å². The minimum atomic E-state index is -0.0736. The van der Waals surface area contributed by atoms with Crippen molar-refractivity contribution in [3.8, 4) is 0 Å². The topological polar surface area (TPSA) is 71.2 Å². The van der Waals surface area contributed by atoms with E-state index >= 15 is 0 Å². The summed E-state index contributed by atoms with van der Waals surface area (Å²) in [6, 6.07) is 3.68. The van der Waals surface area contributed by atoms with Crippen LogP contribution < -0.4 is 16.0 Å². The summed E-state index contributed by atoms with van der Waals surface area (Å²) in [7, 11) is 0. The molecule has 0 aliphatic carbocycles. The van der Waals surface area contributed by atoms with Gasteiger partial charge in [-0.15, -0.1) is 11.3 Å². The number of halogens is 1. The maximum Gasteiger partial charge on any atom is 0.206 e. The van der Waals surface area contributed by atoms with Crippen molar-refractivity contribution < 1.29 is 9.07 Å². The molecule has 3 N–H and O–H groups in total. The zero-order valence-electron chi connectivity index (χ0n) is 12.0. The van der Waals surface area contributed by atoms with Crippen LogP contribution in [0.4, 0.5) is 11.5 Å². The third kappa shape index (κ3) is 3.31. The lowest BCUT2D eigenvalue weighted by atomic mass is 10.1. The minimum Gasteiger partial charge on any atom is -0.383 e. The van der Waals surface area contributed by atoms with Crippen LogP contribution in [0.3, 0.4) is 0 Å². The molecule has 0 bridgehead atoms. The molecule has 122 valence electrons. The quantitative estimate of drug-likeness (QED) is 0.792. The highest BCUT2D eigenvalue weighted by atomic mass is 79.9. The van der Waals surface area contributed by atoms with Crippen LogP contribution in [0.2, 0.25) is 0 Å². The van der Waals surface area contributed by atoms with E-state index in [0.717, 1.165) is 42.8 Å². The van der Waals surface area contributed by atoms with Crippen LogP contribution >= 0.6 is 27.3 Å². The molecule has 1 aliphatic rings. The first kappa shape index (κ1) is 15.5. The van der Waals surface area contributed by atoms with Gasteiger partial charge in [0.1, 0.15) is 5.82 Å². The number of hydrogen-bond donors (Lipinski definition) is 2. The van der Waals surface area contributed by atoms with Gasteiger partial charge in [-0.1, -0.05) is 0 Å². The van der Waals surface area contributed by atoms with Crippen LogP contribution in [0.25, 0.3) is 0 Å². The minimum absolute atomic E-state index is 0. The number of nitrogen functional groups attached to an aromatic ring is 1. The van der Waals surface area contributed by atoms with E-state index in [4.69, 9.17) is 5.73 Å². The second-order valence-corrected chi connectivity index (χ2v) is 7.00. The summed E-state index contributed by atoms with van der Waals surface area (Å²) in [6.45, 7) is 4.00. The van der Waals surface area contributed by atoms with Gasteiger partial charge in [0.05, 0.1) is 10.4 Å². The molecule has 0 saturated carbocycles. The number of ketones is 1. The number of anilines is 2. The average molecular weight is 387 g/mol. The Morgan fingerprint density at radius 1 is 1.41 bits per heavy atom. The molecule has 2 aromatic rings. The molecular formula is C15H23BrN4OS. The second kappa shape index (κ2) is 6.76. The highest BCUT2D eigenvalue weighted by Gasteiger charge is 2.18. The molecule has 7 heteroatoms. The van der Waals surface area contributed by atoms with Gasteiger partial charge in [0.2, 0.25) is 5.78 Å². The first-order valence-electron chi connectivity index (χ1n) is 7.15. The first-order valence-corrected chi connectivity index (χ1v) is 8.82. The maximum atomic E-state index is 12.6. The molecule has 0 spiro atoms. The van der Waals surface area contributed by atoms with Crippen LogP contribution in [-0.4, -0.2) is 36.9 Å². The zero-order valence-corrected chi connectivity index (χ0v) is 14.4. The Morgan fingerprint density at radius 3 is 3.14 bits per heavy atom. The average Bonchev–Trinajstić information content (AvgIpc) is 2.85. The summed E-state index contributed by atoms with van der Waals surface area (Å²) in [6.07, 6.45) is 2.71. The van der Waals surface area contributed by atoms with Crippen LogP contribution in [0.1, 0.15) is 25.9 Å². The molecule has 1 aliphatic heterocycles. The number of nitrogens with zero attached hydrogens (tertiary/aromatic N) is 2. The smallest absolute Gasteiger partial charge is 0.206 e. The third-order valence-corrected chi connectivity index (χ3v) is 4.99. The molecule has 2 aromatic heterocycles. The molecule has 0 aromatic carbocycles. The third-order valence-electron chi connectivity index (χ3n) is 3.64. The predicted octanol–water partition coefficient (Wildman–Crippen LogP) is 3.26. The summed E-state index contributed by atoms with van der Waals surface area (Å²) in [5.74, 6) is 0.192. The van der Waals surface area contributed by atoms with E-state index in [1.54, 1.807) is 12.3 Å². The molecule has 3 rings (SSSR count). The summed E-state index contributed by atoms with van der Waals surface area (Å²) >= 11 is 4.79. The van der Waals surface area contributed by atoms with Gasteiger partial charge in [-0.25, -0.2) is 4.98 Å². The normalized spacial score (nSPS) is 15.6.